The number of alkyl halides is 3. The summed E-state index contributed by atoms with van der Waals surface area (Å²) in [7, 11) is 0. The maximum Gasteiger partial charge on any atom is 0.433 e. The van der Waals surface area contributed by atoms with E-state index in [0.29, 0.717) is 16.6 Å². The van der Waals surface area contributed by atoms with E-state index in [0.717, 1.165) is 42.4 Å². The third-order valence-corrected chi connectivity index (χ3v) is 5.16. The van der Waals surface area contributed by atoms with Crippen molar-refractivity contribution in [1.82, 2.24) is 29.4 Å². The van der Waals surface area contributed by atoms with Crippen LogP contribution in [0.2, 0.25) is 0 Å². The zero-order valence-electron chi connectivity index (χ0n) is 15.3. The fourth-order valence-corrected chi connectivity index (χ4v) is 3.63. The van der Waals surface area contributed by atoms with Gasteiger partial charge in [0.15, 0.2) is 11.3 Å². The number of fused-ring (bicyclic) bond motifs is 3. The summed E-state index contributed by atoms with van der Waals surface area (Å²) in [5.41, 5.74) is 2.76. The lowest BCUT2D eigenvalue weighted by molar-refractivity contribution is -0.141. The second-order valence-corrected chi connectivity index (χ2v) is 7.12. The molecule has 0 spiro atoms. The Morgan fingerprint density at radius 2 is 2.00 bits per heavy atom. The van der Waals surface area contributed by atoms with Crippen molar-refractivity contribution < 1.29 is 13.2 Å². The topological polar surface area (TPSA) is 60.9 Å². The van der Waals surface area contributed by atoms with E-state index in [9.17, 15) is 13.2 Å². The van der Waals surface area contributed by atoms with Gasteiger partial charge in [-0.3, -0.25) is 4.68 Å². The molecule has 144 valence electrons. The molecule has 9 heteroatoms. The minimum absolute atomic E-state index is 0.0808. The van der Waals surface area contributed by atoms with E-state index < -0.39 is 11.9 Å². The molecule has 0 radical (unpaired) electrons. The average Bonchev–Trinajstić information content (AvgIpc) is 3.33. The zero-order chi connectivity index (χ0) is 19.6. The van der Waals surface area contributed by atoms with E-state index in [4.69, 9.17) is 0 Å². The third kappa shape index (κ3) is 2.56. The van der Waals surface area contributed by atoms with Crippen molar-refractivity contribution in [3.8, 4) is 11.3 Å². The van der Waals surface area contributed by atoms with Crippen molar-refractivity contribution in [3.05, 3.63) is 41.5 Å². The monoisotopic (exact) mass is 386 g/mol. The molecular weight excluding hydrogens is 369 g/mol. The lowest BCUT2D eigenvalue weighted by atomic mass is 10.1. The van der Waals surface area contributed by atoms with Gasteiger partial charge in [0, 0.05) is 24.5 Å². The van der Waals surface area contributed by atoms with Crippen molar-refractivity contribution >= 4 is 16.7 Å². The smallest absolute Gasteiger partial charge is 0.272 e. The van der Waals surface area contributed by atoms with Crippen molar-refractivity contribution in [2.45, 2.75) is 45.3 Å². The summed E-state index contributed by atoms with van der Waals surface area (Å²) in [6.07, 6.45) is 0.796. The number of halogens is 3. The fraction of sp³-hybridized carbons (Fsp3) is 0.368. The Kier molecular flexibility index (Phi) is 3.53. The highest BCUT2D eigenvalue weighted by atomic mass is 19.4. The molecule has 28 heavy (non-hydrogen) atoms. The standard InChI is InChI=1S/C19H17F3N6/c1-3-27-9-13(10(2)25-27)14-6-7-23-18-16-12(11-4-5-11)8-15(19(20,21)22)24-17(16)26-28(14)18/h6-9,11H,3-5H2,1-2H3. The molecule has 6 nitrogen and oxygen atoms in total. The van der Waals surface area contributed by atoms with Gasteiger partial charge in [-0.2, -0.15) is 18.3 Å². The van der Waals surface area contributed by atoms with Crippen LogP contribution in [0.15, 0.2) is 24.5 Å². The van der Waals surface area contributed by atoms with E-state index >= 15 is 0 Å². The summed E-state index contributed by atoms with van der Waals surface area (Å²) in [4.78, 5) is 8.24. The molecule has 1 fully saturated rings. The van der Waals surface area contributed by atoms with Gasteiger partial charge in [0.05, 0.1) is 16.8 Å². The molecule has 4 heterocycles. The van der Waals surface area contributed by atoms with Gasteiger partial charge < -0.3 is 0 Å². The zero-order valence-corrected chi connectivity index (χ0v) is 15.3. The normalized spacial score (nSPS) is 15.0. The average molecular weight is 386 g/mol. The Hall–Kier alpha value is -2.97. The fourth-order valence-electron chi connectivity index (χ4n) is 3.63. The Bertz CT molecular complexity index is 1220. The number of nitrogens with zero attached hydrogens (tertiary/aromatic N) is 6. The first-order valence-corrected chi connectivity index (χ1v) is 9.17. The maximum atomic E-state index is 13.4. The van der Waals surface area contributed by atoms with Gasteiger partial charge in [0.25, 0.3) is 0 Å². The molecule has 0 aromatic carbocycles. The molecule has 0 bridgehead atoms. The number of hydrogen-bond acceptors (Lipinski definition) is 4. The molecule has 5 rings (SSSR count). The summed E-state index contributed by atoms with van der Waals surface area (Å²) < 4.78 is 43.5. The van der Waals surface area contributed by atoms with Crippen LogP contribution in [0.5, 0.6) is 0 Å². The Morgan fingerprint density at radius 3 is 2.64 bits per heavy atom. The number of rotatable bonds is 3. The third-order valence-electron chi connectivity index (χ3n) is 5.16. The van der Waals surface area contributed by atoms with Gasteiger partial charge in [-0.1, -0.05) is 0 Å². The molecule has 1 aliphatic carbocycles. The van der Waals surface area contributed by atoms with Crippen LogP contribution in [0.25, 0.3) is 27.9 Å². The number of aryl methyl sites for hydroxylation is 2. The predicted octanol–water partition coefficient (Wildman–Crippen LogP) is 4.37. The van der Waals surface area contributed by atoms with Gasteiger partial charge >= 0.3 is 6.18 Å². The molecule has 0 N–H and O–H groups in total. The van der Waals surface area contributed by atoms with Crippen molar-refractivity contribution in [2.24, 2.45) is 0 Å². The van der Waals surface area contributed by atoms with Gasteiger partial charge in [0.2, 0.25) is 0 Å². The van der Waals surface area contributed by atoms with Gasteiger partial charge in [-0.15, -0.1) is 5.10 Å². The SMILES string of the molecule is CCn1cc(-c2ccnc3c4c(C5CC5)cc(C(F)(F)F)nc4nn23)c(C)n1. The van der Waals surface area contributed by atoms with Gasteiger partial charge in [-0.05, 0) is 50.3 Å². The molecule has 4 aromatic heterocycles. The van der Waals surface area contributed by atoms with Gasteiger partial charge in [-0.25, -0.2) is 14.5 Å². The van der Waals surface area contributed by atoms with Crippen LogP contribution in [-0.2, 0) is 12.7 Å². The lowest BCUT2D eigenvalue weighted by Gasteiger charge is -2.08. The summed E-state index contributed by atoms with van der Waals surface area (Å²) in [5.74, 6) is 0.106. The Morgan fingerprint density at radius 1 is 1.21 bits per heavy atom. The van der Waals surface area contributed by atoms with E-state index in [-0.39, 0.29) is 11.6 Å². The lowest BCUT2D eigenvalue weighted by Crippen LogP contribution is -2.09. The van der Waals surface area contributed by atoms with Crippen LogP contribution >= 0.6 is 0 Å². The highest BCUT2D eigenvalue weighted by molar-refractivity contribution is 5.94. The molecule has 0 saturated heterocycles. The van der Waals surface area contributed by atoms with Crippen molar-refractivity contribution in [2.75, 3.05) is 0 Å². The summed E-state index contributed by atoms with van der Waals surface area (Å²) >= 11 is 0. The molecule has 0 aliphatic heterocycles. The quantitative estimate of drug-likeness (QED) is 0.525. The number of hydrogen-bond donors (Lipinski definition) is 0. The first kappa shape index (κ1) is 17.2. The van der Waals surface area contributed by atoms with Crippen LogP contribution in [0.1, 0.15) is 42.6 Å². The van der Waals surface area contributed by atoms with E-state index in [1.54, 1.807) is 16.8 Å². The molecule has 4 aromatic rings. The summed E-state index contributed by atoms with van der Waals surface area (Å²) in [6, 6.07) is 2.96. The molecule has 1 saturated carbocycles. The van der Waals surface area contributed by atoms with E-state index in [2.05, 4.69) is 20.2 Å². The second kappa shape index (κ2) is 5.76. The van der Waals surface area contributed by atoms with Crippen molar-refractivity contribution in [3.63, 3.8) is 0 Å². The number of pyridine rings is 1. The predicted molar refractivity (Wildman–Crippen MR) is 96.9 cm³/mol. The van der Waals surface area contributed by atoms with Crippen LogP contribution in [0, 0.1) is 6.92 Å². The van der Waals surface area contributed by atoms with E-state index in [1.165, 1.54) is 0 Å². The maximum absolute atomic E-state index is 13.4. The van der Waals surface area contributed by atoms with Crippen LogP contribution < -0.4 is 0 Å². The molecule has 0 unspecified atom stereocenters. The first-order valence-electron chi connectivity index (χ1n) is 9.17. The Balaban J connectivity index is 1.83. The number of aromatic nitrogens is 6. The summed E-state index contributed by atoms with van der Waals surface area (Å²) in [6.45, 7) is 4.61. The van der Waals surface area contributed by atoms with Gasteiger partial charge in [0.1, 0.15) is 5.69 Å². The largest absolute Gasteiger partial charge is 0.433 e. The Labute approximate surface area is 158 Å². The minimum Gasteiger partial charge on any atom is -0.272 e. The molecule has 1 aliphatic rings. The van der Waals surface area contributed by atoms with Crippen LogP contribution in [-0.4, -0.2) is 29.4 Å². The highest BCUT2D eigenvalue weighted by Gasteiger charge is 2.37. The van der Waals surface area contributed by atoms with Crippen molar-refractivity contribution in [1.29, 1.82) is 0 Å². The van der Waals surface area contributed by atoms with E-state index in [1.807, 2.05) is 24.7 Å². The molecular formula is C19H17F3N6. The highest BCUT2D eigenvalue weighted by Crippen LogP contribution is 2.45. The minimum atomic E-state index is -4.51. The first-order chi connectivity index (χ1) is 13.4. The molecule has 0 amide bonds. The second-order valence-electron chi connectivity index (χ2n) is 7.12. The van der Waals surface area contributed by atoms with Crippen LogP contribution in [0.3, 0.4) is 0 Å². The molecule has 0 atom stereocenters. The van der Waals surface area contributed by atoms with Crippen LogP contribution in [0.4, 0.5) is 13.2 Å². The summed E-state index contributed by atoms with van der Waals surface area (Å²) in [5, 5.41) is 9.49.